The molecule has 1 heterocycles. The van der Waals surface area contributed by atoms with E-state index in [1.54, 1.807) is 0 Å². The molecule has 106 valence electrons. The van der Waals surface area contributed by atoms with Gasteiger partial charge in [0.2, 0.25) is 0 Å². The van der Waals surface area contributed by atoms with Crippen LogP contribution >= 0.6 is 27.3 Å². The number of halogens is 4. The van der Waals surface area contributed by atoms with Crippen molar-refractivity contribution < 1.29 is 18.0 Å². The molecule has 1 aromatic carbocycles. The molecule has 4 nitrogen and oxygen atoms in total. The van der Waals surface area contributed by atoms with Gasteiger partial charge in [0.15, 0.2) is 5.13 Å². The number of thiazole rings is 1. The minimum Gasteiger partial charge on any atom is -0.375 e. The molecule has 0 bridgehead atoms. The van der Waals surface area contributed by atoms with Gasteiger partial charge in [-0.3, -0.25) is 4.79 Å². The summed E-state index contributed by atoms with van der Waals surface area (Å²) < 4.78 is 38.1. The molecule has 0 aliphatic carbocycles. The maximum absolute atomic E-state index is 12.7. The minimum absolute atomic E-state index is 0.0393. The molecule has 0 saturated carbocycles. The highest BCUT2D eigenvalue weighted by Gasteiger charge is 2.33. The lowest BCUT2D eigenvalue weighted by molar-refractivity contribution is -0.138. The summed E-state index contributed by atoms with van der Waals surface area (Å²) in [6.45, 7) is 0. The van der Waals surface area contributed by atoms with Gasteiger partial charge in [0.1, 0.15) is 4.88 Å². The lowest BCUT2D eigenvalue weighted by atomic mass is 10.2. The van der Waals surface area contributed by atoms with E-state index in [4.69, 9.17) is 5.73 Å². The summed E-state index contributed by atoms with van der Waals surface area (Å²) in [6, 6.07) is 3.44. The summed E-state index contributed by atoms with van der Waals surface area (Å²) in [6.07, 6.45) is -3.24. The van der Waals surface area contributed by atoms with Crippen LogP contribution in [0.4, 0.5) is 24.0 Å². The smallest absolute Gasteiger partial charge is 0.375 e. The van der Waals surface area contributed by atoms with Gasteiger partial charge >= 0.3 is 6.18 Å². The number of hydrogen-bond acceptors (Lipinski definition) is 4. The van der Waals surface area contributed by atoms with Gasteiger partial charge in [0, 0.05) is 10.2 Å². The Bertz CT molecular complexity index is 657. The first-order valence-electron chi connectivity index (χ1n) is 5.17. The molecular weight excluding hydrogens is 359 g/mol. The number of nitrogens with one attached hydrogen (secondary N) is 1. The number of rotatable bonds is 2. The number of hydrogen-bond donors (Lipinski definition) is 2. The average molecular weight is 366 g/mol. The fraction of sp³-hybridized carbons (Fsp3) is 0.0909. The number of carbonyl (C=O) groups is 1. The van der Waals surface area contributed by atoms with E-state index in [2.05, 4.69) is 26.2 Å². The average Bonchev–Trinajstić information content (AvgIpc) is 2.77. The van der Waals surface area contributed by atoms with E-state index in [-0.39, 0.29) is 20.2 Å². The third-order valence-electron chi connectivity index (χ3n) is 2.28. The molecule has 0 spiro atoms. The van der Waals surface area contributed by atoms with Crippen LogP contribution in [0.1, 0.15) is 15.2 Å². The maximum Gasteiger partial charge on any atom is 0.417 e. The van der Waals surface area contributed by atoms with Crippen molar-refractivity contribution in [3.8, 4) is 0 Å². The van der Waals surface area contributed by atoms with Gasteiger partial charge in [-0.2, -0.15) is 13.2 Å². The molecule has 0 saturated heterocycles. The van der Waals surface area contributed by atoms with E-state index in [1.807, 2.05) is 0 Å². The zero-order valence-electron chi connectivity index (χ0n) is 9.66. The second kappa shape index (κ2) is 5.41. The van der Waals surface area contributed by atoms with Crippen LogP contribution < -0.4 is 11.1 Å². The molecule has 0 fully saturated rings. The Morgan fingerprint density at radius 1 is 1.40 bits per heavy atom. The molecule has 2 rings (SSSR count). The predicted molar refractivity (Wildman–Crippen MR) is 73.6 cm³/mol. The normalized spacial score (nSPS) is 11.4. The summed E-state index contributed by atoms with van der Waals surface area (Å²) in [5.74, 6) is -0.561. The van der Waals surface area contributed by atoms with Crippen LogP contribution in [0.2, 0.25) is 0 Å². The van der Waals surface area contributed by atoms with E-state index in [0.29, 0.717) is 0 Å². The van der Waals surface area contributed by atoms with E-state index in [0.717, 1.165) is 17.4 Å². The number of carbonyl (C=O) groups excluding carboxylic acids is 1. The third-order valence-corrected chi connectivity index (χ3v) is 3.79. The molecule has 1 aromatic heterocycles. The van der Waals surface area contributed by atoms with E-state index < -0.39 is 17.6 Å². The fourth-order valence-corrected chi connectivity index (χ4v) is 2.46. The number of nitrogen functional groups attached to an aromatic ring is 1. The molecule has 2 aromatic rings. The van der Waals surface area contributed by atoms with Gasteiger partial charge < -0.3 is 11.1 Å². The molecule has 0 unspecified atom stereocenters. The van der Waals surface area contributed by atoms with Crippen molar-refractivity contribution in [2.45, 2.75) is 6.18 Å². The third kappa shape index (κ3) is 3.28. The molecule has 0 aliphatic heterocycles. The number of nitrogens with two attached hydrogens (primary N) is 1. The lowest BCUT2D eigenvalue weighted by Gasteiger charge is -2.11. The molecule has 9 heteroatoms. The topological polar surface area (TPSA) is 68.0 Å². The summed E-state index contributed by atoms with van der Waals surface area (Å²) >= 11 is 3.77. The number of amides is 1. The van der Waals surface area contributed by atoms with Gasteiger partial charge in [-0.25, -0.2) is 4.98 Å². The molecule has 1 amide bonds. The van der Waals surface area contributed by atoms with E-state index in [9.17, 15) is 18.0 Å². The second-order valence-corrected chi connectivity index (χ2v) is 5.63. The van der Waals surface area contributed by atoms with Crippen LogP contribution in [0, 0.1) is 0 Å². The van der Waals surface area contributed by atoms with Crippen molar-refractivity contribution in [1.29, 1.82) is 0 Å². The number of aromatic nitrogens is 1. The van der Waals surface area contributed by atoms with Crippen molar-refractivity contribution in [3.63, 3.8) is 0 Å². The van der Waals surface area contributed by atoms with E-state index in [1.165, 1.54) is 18.3 Å². The van der Waals surface area contributed by atoms with Crippen LogP contribution in [-0.4, -0.2) is 10.9 Å². The van der Waals surface area contributed by atoms with Gasteiger partial charge in [0.25, 0.3) is 5.91 Å². The monoisotopic (exact) mass is 365 g/mol. The fourth-order valence-electron chi connectivity index (χ4n) is 1.41. The highest BCUT2D eigenvalue weighted by Crippen LogP contribution is 2.36. The van der Waals surface area contributed by atoms with Crippen LogP contribution in [-0.2, 0) is 6.18 Å². The minimum atomic E-state index is -4.51. The summed E-state index contributed by atoms with van der Waals surface area (Å²) in [5.41, 5.74) is 4.56. The SMILES string of the molecule is Nc1ncc(C(=O)Nc2ccc(Br)c(C(F)(F)F)c2)s1. The Hall–Kier alpha value is -1.61. The zero-order chi connectivity index (χ0) is 14.9. The lowest BCUT2D eigenvalue weighted by Crippen LogP contribution is -2.12. The Morgan fingerprint density at radius 2 is 2.10 bits per heavy atom. The van der Waals surface area contributed by atoms with Crippen molar-refractivity contribution in [2.75, 3.05) is 11.1 Å². The second-order valence-electron chi connectivity index (χ2n) is 3.71. The Balaban J connectivity index is 2.24. The van der Waals surface area contributed by atoms with Crippen LogP contribution in [0.3, 0.4) is 0 Å². The first-order chi connectivity index (χ1) is 9.27. The molecular formula is C11H7BrF3N3OS. The summed E-state index contributed by atoms with van der Waals surface area (Å²) in [7, 11) is 0. The highest BCUT2D eigenvalue weighted by atomic mass is 79.9. The number of nitrogens with zero attached hydrogens (tertiary/aromatic N) is 1. The van der Waals surface area contributed by atoms with Gasteiger partial charge in [-0.1, -0.05) is 27.3 Å². The highest BCUT2D eigenvalue weighted by molar-refractivity contribution is 9.10. The molecule has 20 heavy (non-hydrogen) atoms. The molecule has 0 atom stereocenters. The Morgan fingerprint density at radius 3 is 2.65 bits per heavy atom. The van der Waals surface area contributed by atoms with E-state index >= 15 is 0 Å². The van der Waals surface area contributed by atoms with Crippen LogP contribution in [0.5, 0.6) is 0 Å². The number of anilines is 2. The van der Waals surface area contributed by atoms with Gasteiger partial charge in [-0.05, 0) is 18.2 Å². The summed E-state index contributed by atoms with van der Waals surface area (Å²) in [5, 5.41) is 2.58. The predicted octanol–water partition coefficient (Wildman–Crippen LogP) is 3.76. The number of benzene rings is 1. The first-order valence-corrected chi connectivity index (χ1v) is 6.77. The van der Waals surface area contributed by atoms with Crippen LogP contribution in [0.25, 0.3) is 0 Å². The number of alkyl halides is 3. The largest absolute Gasteiger partial charge is 0.417 e. The van der Waals surface area contributed by atoms with Gasteiger partial charge in [0.05, 0.1) is 11.8 Å². The van der Waals surface area contributed by atoms with Crippen LogP contribution in [0.15, 0.2) is 28.9 Å². The standard InChI is InChI=1S/C11H7BrF3N3OS/c12-7-2-1-5(3-6(7)11(13,14)15)18-9(19)8-4-17-10(16)20-8/h1-4H,(H2,16,17)(H,18,19). The maximum atomic E-state index is 12.7. The zero-order valence-corrected chi connectivity index (χ0v) is 12.1. The molecule has 0 radical (unpaired) electrons. The summed E-state index contributed by atoms with van der Waals surface area (Å²) in [4.78, 5) is 15.7. The van der Waals surface area contributed by atoms with Crippen molar-refractivity contribution >= 4 is 44.0 Å². The Kier molecular flexibility index (Phi) is 4.00. The van der Waals surface area contributed by atoms with Crippen molar-refractivity contribution in [3.05, 3.63) is 39.3 Å². The molecule has 3 N–H and O–H groups in total. The first kappa shape index (κ1) is 14.8. The quantitative estimate of drug-likeness (QED) is 0.851. The molecule has 0 aliphatic rings. The Labute approximate surface area is 123 Å². The van der Waals surface area contributed by atoms with Crippen molar-refractivity contribution in [2.24, 2.45) is 0 Å². The van der Waals surface area contributed by atoms with Crippen molar-refractivity contribution in [1.82, 2.24) is 4.98 Å². The van der Waals surface area contributed by atoms with Gasteiger partial charge in [-0.15, -0.1) is 0 Å².